The van der Waals surface area contributed by atoms with Gasteiger partial charge in [0.05, 0.1) is 5.56 Å². The standard InChI is InChI=1S/C14H20N2O/c1-3-5-10-8-12(10)16-14(17)13-9(2)6-4-7-11(13)15/h4,6-7,10,12H,3,5,8,15H2,1-2H3,(H,16,17). The fraction of sp³-hybridized carbons (Fsp3) is 0.500. The Kier molecular flexibility index (Phi) is 3.36. The van der Waals surface area contributed by atoms with Gasteiger partial charge < -0.3 is 11.1 Å². The molecule has 1 amide bonds. The number of benzene rings is 1. The van der Waals surface area contributed by atoms with E-state index in [9.17, 15) is 4.79 Å². The molecule has 17 heavy (non-hydrogen) atoms. The summed E-state index contributed by atoms with van der Waals surface area (Å²) in [6.45, 7) is 4.10. The first-order chi connectivity index (χ1) is 8.13. The minimum Gasteiger partial charge on any atom is -0.398 e. The van der Waals surface area contributed by atoms with Crippen molar-refractivity contribution in [3.05, 3.63) is 29.3 Å². The number of carbonyl (C=O) groups excluding carboxylic acids is 1. The molecule has 1 aromatic rings. The van der Waals surface area contributed by atoms with E-state index in [-0.39, 0.29) is 5.91 Å². The van der Waals surface area contributed by atoms with E-state index in [1.165, 1.54) is 12.8 Å². The van der Waals surface area contributed by atoms with Crippen LogP contribution in [0.4, 0.5) is 5.69 Å². The van der Waals surface area contributed by atoms with Gasteiger partial charge in [0.15, 0.2) is 0 Å². The Morgan fingerprint density at radius 3 is 2.94 bits per heavy atom. The molecule has 2 atom stereocenters. The van der Waals surface area contributed by atoms with Crippen LogP contribution < -0.4 is 11.1 Å². The van der Waals surface area contributed by atoms with Crippen molar-refractivity contribution >= 4 is 11.6 Å². The molecule has 0 spiro atoms. The molecule has 0 bridgehead atoms. The second-order valence-corrected chi connectivity index (χ2v) is 4.90. The van der Waals surface area contributed by atoms with E-state index in [4.69, 9.17) is 5.73 Å². The maximum absolute atomic E-state index is 12.1. The maximum atomic E-state index is 12.1. The van der Waals surface area contributed by atoms with Crippen LogP contribution in [0.15, 0.2) is 18.2 Å². The molecule has 92 valence electrons. The summed E-state index contributed by atoms with van der Waals surface area (Å²) in [4.78, 5) is 12.1. The number of amides is 1. The van der Waals surface area contributed by atoms with E-state index in [1.807, 2.05) is 19.1 Å². The Bertz CT molecular complexity index is 408. The minimum atomic E-state index is -0.0239. The van der Waals surface area contributed by atoms with E-state index in [2.05, 4.69) is 12.2 Å². The van der Waals surface area contributed by atoms with Gasteiger partial charge in [-0.2, -0.15) is 0 Å². The third-order valence-corrected chi connectivity index (χ3v) is 3.43. The molecule has 1 saturated carbocycles. The van der Waals surface area contributed by atoms with Gasteiger partial charge in [-0.15, -0.1) is 0 Å². The van der Waals surface area contributed by atoms with Crippen molar-refractivity contribution in [1.82, 2.24) is 5.32 Å². The van der Waals surface area contributed by atoms with Gasteiger partial charge in [0.2, 0.25) is 0 Å². The summed E-state index contributed by atoms with van der Waals surface area (Å²) < 4.78 is 0. The molecule has 1 fully saturated rings. The number of hydrogen-bond donors (Lipinski definition) is 2. The first kappa shape index (κ1) is 12.0. The molecule has 0 aliphatic heterocycles. The predicted molar refractivity (Wildman–Crippen MR) is 69.9 cm³/mol. The molecule has 0 saturated heterocycles. The monoisotopic (exact) mass is 232 g/mol. The van der Waals surface area contributed by atoms with Crippen molar-refractivity contribution < 1.29 is 4.79 Å². The van der Waals surface area contributed by atoms with Crippen LogP contribution in [-0.2, 0) is 0 Å². The van der Waals surface area contributed by atoms with Gasteiger partial charge in [-0.25, -0.2) is 0 Å². The van der Waals surface area contributed by atoms with Crippen LogP contribution in [0.5, 0.6) is 0 Å². The number of hydrogen-bond acceptors (Lipinski definition) is 2. The van der Waals surface area contributed by atoms with E-state index in [0.29, 0.717) is 23.2 Å². The Balaban J connectivity index is 2.01. The van der Waals surface area contributed by atoms with Gasteiger partial charge in [-0.3, -0.25) is 4.79 Å². The van der Waals surface area contributed by atoms with E-state index >= 15 is 0 Å². The molecule has 0 radical (unpaired) electrons. The number of nitrogen functional groups attached to an aromatic ring is 1. The number of nitrogens with one attached hydrogen (secondary N) is 1. The lowest BCUT2D eigenvalue weighted by Gasteiger charge is -2.09. The quantitative estimate of drug-likeness (QED) is 0.784. The minimum absolute atomic E-state index is 0.0239. The SMILES string of the molecule is CCCC1CC1NC(=O)c1c(C)cccc1N. The van der Waals surface area contributed by atoms with Crippen molar-refractivity contribution in [2.75, 3.05) is 5.73 Å². The highest BCUT2D eigenvalue weighted by molar-refractivity contribution is 6.00. The third kappa shape index (κ3) is 2.60. The molecule has 1 aliphatic carbocycles. The second-order valence-electron chi connectivity index (χ2n) is 4.90. The Morgan fingerprint density at radius 2 is 2.29 bits per heavy atom. The van der Waals surface area contributed by atoms with E-state index in [0.717, 1.165) is 12.0 Å². The van der Waals surface area contributed by atoms with Gasteiger partial charge in [-0.05, 0) is 37.3 Å². The predicted octanol–water partition coefficient (Wildman–Crippen LogP) is 2.50. The number of rotatable bonds is 4. The lowest BCUT2D eigenvalue weighted by Crippen LogP contribution is -2.28. The third-order valence-electron chi connectivity index (χ3n) is 3.43. The molecular weight excluding hydrogens is 212 g/mol. The first-order valence-electron chi connectivity index (χ1n) is 6.29. The highest BCUT2D eigenvalue weighted by atomic mass is 16.1. The van der Waals surface area contributed by atoms with Gasteiger partial charge in [0.25, 0.3) is 5.91 Å². The van der Waals surface area contributed by atoms with Gasteiger partial charge in [-0.1, -0.05) is 25.5 Å². The maximum Gasteiger partial charge on any atom is 0.253 e. The zero-order valence-corrected chi connectivity index (χ0v) is 10.5. The Labute approximate surface area is 102 Å². The summed E-state index contributed by atoms with van der Waals surface area (Å²) >= 11 is 0. The summed E-state index contributed by atoms with van der Waals surface area (Å²) in [7, 11) is 0. The largest absolute Gasteiger partial charge is 0.398 e. The van der Waals surface area contributed by atoms with Crippen LogP contribution in [0, 0.1) is 12.8 Å². The average molecular weight is 232 g/mol. The summed E-state index contributed by atoms with van der Waals surface area (Å²) in [5, 5.41) is 3.07. The zero-order chi connectivity index (χ0) is 12.4. The normalized spacial score (nSPS) is 22.2. The van der Waals surface area contributed by atoms with Crippen molar-refractivity contribution in [1.29, 1.82) is 0 Å². The summed E-state index contributed by atoms with van der Waals surface area (Å²) in [6, 6.07) is 5.93. The number of aryl methyl sites for hydroxylation is 1. The lowest BCUT2D eigenvalue weighted by atomic mass is 10.1. The molecule has 1 aromatic carbocycles. The summed E-state index contributed by atoms with van der Waals surface area (Å²) in [6.07, 6.45) is 3.50. The van der Waals surface area contributed by atoms with Crippen LogP contribution in [0.1, 0.15) is 42.1 Å². The van der Waals surface area contributed by atoms with Crippen molar-refractivity contribution in [3.63, 3.8) is 0 Å². The summed E-state index contributed by atoms with van der Waals surface area (Å²) in [5.74, 6) is 0.651. The lowest BCUT2D eigenvalue weighted by molar-refractivity contribution is 0.0949. The van der Waals surface area contributed by atoms with Gasteiger partial charge in [0, 0.05) is 11.7 Å². The van der Waals surface area contributed by atoms with Crippen molar-refractivity contribution in [2.45, 2.75) is 39.2 Å². The highest BCUT2D eigenvalue weighted by Gasteiger charge is 2.37. The second kappa shape index (κ2) is 4.78. The average Bonchev–Trinajstić information content (AvgIpc) is 2.96. The molecule has 0 aromatic heterocycles. The van der Waals surface area contributed by atoms with E-state index in [1.54, 1.807) is 6.07 Å². The zero-order valence-electron chi connectivity index (χ0n) is 10.5. The van der Waals surface area contributed by atoms with E-state index < -0.39 is 0 Å². The first-order valence-corrected chi connectivity index (χ1v) is 6.29. The fourth-order valence-electron chi connectivity index (χ4n) is 2.36. The van der Waals surface area contributed by atoms with Gasteiger partial charge in [0.1, 0.15) is 0 Å². The highest BCUT2D eigenvalue weighted by Crippen LogP contribution is 2.35. The fourth-order valence-corrected chi connectivity index (χ4v) is 2.36. The van der Waals surface area contributed by atoms with Crippen LogP contribution >= 0.6 is 0 Å². The molecule has 3 heteroatoms. The smallest absolute Gasteiger partial charge is 0.253 e. The van der Waals surface area contributed by atoms with Crippen LogP contribution in [0.2, 0.25) is 0 Å². The number of carbonyl (C=O) groups is 1. The number of anilines is 1. The number of nitrogens with two attached hydrogens (primary N) is 1. The van der Waals surface area contributed by atoms with Crippen molar-refractivity contribution in [3.8, 4) is 0 Å². The molecular formula is C14H20N2O. The van der Waals surface area contributed by atoms with Crippen LogP contribution in [0.25, 0.3) is 0 Å². The van der Waals surface area contributed by atoms with Crippen LogP contribution in [0.3, 0.4) is 0 Å². The van der Waals surface area contributed by atoms with Crippen LogP contribution in [-0.4, -0.2) is 11.9 Å². The molecule has 3 N–H and O–H groups in total. The Hall–Kier alpha value is -1.51. The Morgan fingerprint density at radius 1 is 1.53 bits per heavy atom. The molecule has 2 unspecified atom stereocenters. The molecule has 0 heterocycles. The molecule has 3 nitrogen and oxygen atoms in total. The molecule has 2 rings (SSSR count). The molecule has 1 aliphatic rings. The van der Waals surface area contributed by atoms with Gasteiger partial charge >= 0.3 is 0 Å². The summed E-state index contributed by atoms with van der Waals surface area (Å²) in [5.41, 5.74) is 7.99. The topological polar surface area (TPSA) is 55.1 Å². The van der Waals surface area contributed by atoms with Crippen molar-refractivity contribution in [2.24, 2.45) is 5.92 Å².